The van der Waals surface area contributed by atoms with Gasteiger partial charge in [0.15, 0.2) is 0 Å². The van der Waals surface area contributed by atoms with Crippen LogP contribution >= 0.6 is 0 Å². The van der Waals surface area contributed by atoms with Crippen molar-refractivity contribution in [3.63, 3.8) is 0 Å². The molecule has 0 aliphatic carbocycles. The Morgan fingerprint density at radius 1 is 1.57 bits per heavy atom. The number of nitrogens with one attached hydrogen (secondary N) is 1. The molecule has 2 aliphatic rings. The average Bonchev–Trinajstić information content (AvgIpc) is 2.86. The van der Waals surface area contributed by atoms with Crippen LogP contribution in [0.3, 0.4) is 0 Å². The van der Waals surface area contributed by atoms with E-state index in [1.54, 1.807) is 0 Å². The Kier molecular flexibility index (Phi) is 3.43. The van der Waals surface area contributed by atoms with E-state index in [4.69, 9.17) is 9.47 Å². The zero-order chi connectivity index (χ0) is 9.80. The summed E-state index contributed by atoms with van der Waals surface area (Å²) < 4.78 is 11.2. The molecular formula is C11H19NO2. The largest absolute Gasteiger partial charge is 0.496 e. The van der Waals surface area contributed by atoms with Gasteiger partial charge in [-0.25, -0.2) is 0 Å². The molecule has 1 N–H and O–H groups in total. The van der Waals surface area contributed by atoms with Crippen molar-refractivity contribution in [2.45, 2.75) is 37.8 Å². The number of rotatable bonds is 4. The molecular weight excluding hydrogens is 178 g/mol. The summed E-state index contributed by atoms with van der Waals surface area (Å²) >= 11 is 0. The van der Waals surface area contributed by atoms with E-state index in [9.17, 15) is 0 Å². The maximum atomic E-state index is 5.62. The third-order valence-electron chi connectivity index (χ3n) is 2.95. The summed E-state index contributed by atoms with van der Waals surface area (Å²) in [5, 5.41) is 3.30. The van der Waals surface area contributed by atoms with Crippen molar-refractivity contribution in [1.29, 1.82) is 0 Å². The molecule has 2 heterocycles. The van der Waals surface area contributed by atoms with Gasteiger partial charge in [0.05, 0.1) is 18.8 Å². The maximum Gasteiger partial charge on any atom is 0.109 e. The highest BCUT2D eigenvalue weighted by molar-refractivity contribution is 5.07. The first-order valence-electron chi connectivity index (χ1n) is 5.52. The van der Waals surface area contributed by atoms with Gasteiger partial charge in [-0.05, 0) is 32.4 Å². The summed E-state index contributed by atoms with van der Waals surface area (Å²) in [6, 6.07) is 0.348. The maximum absolute atomic E-state index is 5.62. The van der Waals surface area contributed by atoms with E-state index >= 15 is 0 Å². The second kappa shape index (κ2) is 4.80. The lowest BCUT2D eigenvalue weighted by molar-refractivity contribution is 0.0907. The van der Waals surface area contributed by atoms with E-state index in [1.165, 1.54) is 12.8 Å². The zero-order valence-corrected chi connectivity index (χ0v) is 8.79. The van der Waals surface area contributed by atoms with Gasteiger partial charge in [-0.15, -0.1) is 0 Å². The van der Waals surface area contributed by atoms with Crippen molar-refractivity contribution in [2.24, 2.45) is 0 Å². The monoisotopic (exact) mass is 197 g/mol. The van der Waals surface area contributed by atoms with Crippen LogP contribution in [0, 0.1) is 0 Å². The third kappa shape index (κ3) is 2.28. The minimum atomic E-state index is 0.348. The molecule has 0 aromatic heterocycles. The quantitative estimate of drug-likeness (QED) is 0.740. The van der Waals surface area contributed by atoms with E-state index in [2.05, 4.69) is 11.4 Å². The Balaban J connectivity index is 1.85. The standard InChI is InChI=1S/C11H19NO2/c1-12-10(11-5-3-7-14-11)8-9-4-2-6-13-9/h5,9-10,12H,2-4,6-8H2,1H3. The molecule has 0 aromatic carbocycles. The van der Waals surface area contributed by atoms with E-state index in [0.29, 0.717) is 12.1 Å². The fraction of sp³-hybridized carbons (Fsp3) is 0.818. The fourth-order valence-corrected chi connectivity index (χ4v) is 2.15. The van der Waals surface area contributed by atoms with Crippen molar-refractivity contribution in [3.8, 4) is 0 Å². The molecule has 14 heavy (non-hydrogen) atoms. The van der Waals surface area contributed by atoms with Gasteiger partial charge in [0.2, 0.25) is 0 Å². The van der Waals surface area contributed by atoms with Crippen molar-refractivity contribution in [1.82, 2.24) is 5.32 Å². The Hall–Kier alpha value is -0.540. The molecule has 2 rings (SSSR count). The number of hydrogen-bond donors (Lipinski definition) is 1. The highest BCUT2D eigenvalue weighted by Crippen LogP contribution is 2.22. The average molecular weight is 197 g/mol. The van der Waals surface area contributed by atoms with Crippen LogP contribution in [0.1, 0.15) is 25.7 Å². The first kappa shape index (κ1) is 9.99. The Bertz CT molecular complexity index is 209. The summed E-state index contributed by atoms with van der Waals surface area (Å²) in [5.74, 6) is 1.11. The molecule has 80 valence electrons. The van der Waals surface area contributed by atoms with Crippen molar-refractivity contribution >= 4 is 0 Å². The minimum absolute atomic E-state index is 0.348. The van der Waals surface area contributed by atoms with Crippen molar-refractivity contribution in [2.75, 3.05) is 20.3 Å². The summed E-state index contributed by atoms with van der Waals surface area (Å²) in [6.45, 7) is 1.78. The lowest BCUT2D eigenvalue weighted by Crippen LogP contribution is -2.31. The van der Waals surface area contributed by atoms with Gasteiger partial charge in [-0.3, -0.25) is 0 Å². The predicted octanol–water partition coefficient (Wildman–Crippen LogP) is 1.45. The van der Waals surface area contributed by atoms with E-state index in [-0.39, 0.29) is 0 Å². The molecule has 0 radical (unpaired) electrons. The van der Waals surface area contributed by atoms with Gasteiger partial charge in [0, 0.05) is 13.0 Å². The number of likely N-dealkylation sites (N-methyl/N-ethyl adjacent to an activating group) is 1. The van der Waals surface area contributed by atoms with E-state index < -0.39 is 0 Å². The molecule has 2 aliphatic heterocycles. The van der Waals surface area contributed by atoms with Crippen LogP contribution in [0.2, 0.25) is 0 Å². The molecule has 1 saturated heterocycles. The van der Waals surface area contributed by atoms with Crippen LogP contribution < -0.4 is 5.32 Å². The second-order valence-electron chi connectivity index (χ2n) is 3.96. The van der Waals surface area contributed by atoms with Crippen LogP contribution in [0.25, 0.3) is 0 Å². The molecule has 0 spiro atoms. The van der Waals surface area contributed by atoms with Gasteiger partial charge in [-0.2, -0.15) is 0 Å². The van der Waals surface area contributed by atoms with Gasteiger partial charge < -0.3 is 14.8 Å². The Morgan fingerprint density at radius 3 is 3.07 bits per heavy atom. The summed E-state index contributed by atoms with van der Waals surface area (Å²) in [7, 11) is 1.99. The fourth-order valence-electron chi connectivity index (χ4n) is 2.15. The van der Waals surface area contributed by atoms with Gasteiger partial charge in [0.25, 0.3) is 0 Å². The third-order valence-corrected chi connectivity index (χ3v) is 2.95. The number of ether oxygens (including phenoxy) is 2. The first-order chi connectivity index (χ1) is 6.90. The number of hydrogen-bond acceptors (Lipinski definition) is 3. The van der Waals surface area contributed by atoms with Crippen LogP contribution in [-0.4, -0.2) is 32.4 Å². The molecule has 2 atom stereocenters. The molecule has 3 nitrogen and oxygen atoms in total. The van der Waals surface area contributed by atoms with Crippen LogP contribution in [-0.2, 0) is 9.47 Å². The van der Waals surface area contributed by atoms with Crippen molar-refractivity contribution < 1.29 is 9.47 Å². The SMILES string of the molecule is CNC(CC1CCCO1)C1=CCCO1. The van der Waals surface area contributed by atoms with Gasteiger partial charge >= 0.3 is 0 Å². The predicted molar refractivity (Wildman–Crippen MR) is 55.1 cm³/mol. The van der Waals surface area contributed by atoms with Crippen LogP contribution in [0.4, 0.5) is 0 Å². The van der Waals surface area contributed by atoms with E-state index in [0.717, 1.165) is 31.8 Å². The highest BCUT2D eigenvalue weighted by Gasteiger charge is 2.24. The second-order valence-corrected chi connectivity index (χ2v) is 3.96. The van der Waals surface area contributed by atoms with Crippen molar-refractivity contribution in [3.05, 3.63) is 11.8 Å². The summed E-state index contributed by atoms with van der Waals surface area (Å²) in [4.78, 5) is 0. The molecule has 0 bridgehead atoms. The summed E-state index contributed by atoms with van der Waals surface area (Å²) in [5.41, 5.74) is 0. The van der Waals surface area contributed by atoms with Gasteiger partial charge in [0.1, 0.15) is 5.76 Å². The first-order valence-corrected chi connectivity index (χ1v) is 5.52. The summed E-state index contributed by atoms with van der Waals surface area (Å²) in [6.07, 6.45) is 7.13. The zero-order valence-electron chi connectivity index (χ0n) is 8.79. The van der Waals surface area contributed by atoms with E-state index in [1.807, 2.05) is 7.05 Å². The Morgan fingerprint density at radius 2 is 2.50 bits per heavy atom. The molecule has 0 amide bonds. The van der Waals surface area contributed by atoms with Gasteiger partial charge in [-0.1, -0.05) is 0 Å². The topological polar surface area (TPSA) is 30.5 Å². The molecule has 2 unspecified atom stereocenters. The highest BCUT2D eigenvalue weighted by atomic mass is 16.5. The lowest BCUT2D eigenvalue weighted by atomic mass is 10.1. The Labute approximate surface area is 85.5 Å². The normalized spacial score (nSPS) is 28.6. The molecule has 0 aromatic rings. The smallest absolute Gasteiger partial charge is 0.109 e. The minimum Gasteiger partial charge on any atom is -0.496 e. The molecule has 3 heteroatoms. The van der Waals surface area contributed by atoms with Crippen LogP contribution in [0.15, 0.2) is 11.8 Å². The van der Waals surface area contributed by atoms with Crippen LogP contribution in [0.5, 0.6) is 0 Å². The lowest BCUT2D eigenvalue weighted by Gasteiger charge is -2.20. The molecule has 1 fully saturated rings. The molecule has 0 saturated carbocycles.